The lowest BCUT2D eigenvalue weighted by molar-refractivity contribution is 0.0376. The van der Waals surface area contributed by atoms with Gasteiger partial charge < -0.3 is 9.64 Å². The van der Waals surface area contributed by atoms with Gasteiger partial charge in [-0.2, -0.15) is 0 Å². The van der Waals surface area contributed by atoms with E-state index in [2.05, 4.69) is 60.1 Å². The zero-order valence-corrected chi connectivity index (χ0v) is 21.0. The van der Waals surface area contributed by atoms with E-state index in [1.54, 1.807) is 0 Å². The van der Waals surface area contributed by atoms with Crippen molar-refractivity contribution in [1.82, 2.24) is 9.88 Å². The van der Waals surface area contributed by atoms with Crippen molar-refractivity contribution in [2.24, 2.45) is 0 Å². The van der Waals surface area contributed by atoms with Crippen molar-refractivity contribution in [3.05, 3.63) is 69.6 Å². The molecule has 1 unspecified atom stereocenters. The SMILES string of the molecule is CCN(Cc1ccc(C)s1)[C@@H]1CCN(c2nccc(C3C=CC=CC3)c2C(=O)OC(C)C)C1. The molecule has 1 saturated heterocycles. The largest absolute Gasteiger partial charge is 0.459 e. The molecule has 3 heterocycles. The van der Waals surface area contributed by atoms with Crippen LogP contribution in [0.3, 0.4) is 0 Å². The summed E-state index contributed by atoms with van der Waals surface area (Å²) >= 11 is 1.88. The number of hydrogen-bond acceptors (Lipinski definition) is 6. The van der Waals surface area contributed by atoms with Crippen LogP contribution in [-0.4, -0.2) is 47.6 Å². The van der Waals surface area contributed by atoms with E-state index < -0.39 is 0 Å². The number of thiophene rings is 1. The van der Waals surface area contributed by atoms with Crippen molar-refractivity contribution in [1.29, 1.82) is 0 Å². The highest BCUT2D eigenvalue weighted by atomic mass is 32.1. The van der Waals surface area contributed by atoms with E-state index in [1.807, 2.05) is 37.4 Å². The zero-order valence-electron chi connectivity index (χ0n) is 20.2. The molecule has 0 bridgehead atoms. The second-order valence-corrected chi connectivity index (χ2v) is 10.5. The Kier molecular flexibility index (Phi) is 7.66. The van der Waals surface area contributed by atoms with E-state index in [0.717, 1.165) is 50.4 Å². The summed E-state index contributed by atoms with van der Waals surface area (Å²) in [7, 11) is 0. The molecule has 0 aromatic carbocycles. The maximum atomic E-state index is 13.3. The molecule has 6 heteroatoms. The van der Waals surface area contributed by atoms with E-state index in [1.165, 1.54) is 9.75 Å². The summed E-state index contributed by atoms with van der Waals surface area (Å²) in [4.78, 5) is 25.6. The third kappa shape index (κ3) is 5.56. The van der Waals surface area contributed by atoms with Gasteiger partial charge in [-0.25, -0.2) is 9.78 Å². The summed E-state index contributed by atoms with van der Waals surface area (Å²) in [6.07, 6.45) is 12.1. The van der Waals surface area contributed by atoms with E-state index in [9.17, 15) is 4.79 Å². The highest BCUT2D eigenvalue weighted by Crippen LogP contribution is 2.34. The Balaban J connectivity index is 1.59. The molecule has 1 aliphatic heterocycles. The van der Waals surface area contributed by atoms with Gasteiger partial charge in [0.1, 0.15) is 11.4 Å². The minimum Gasteiger partial charge on any atom is -0.459 e. The maximum Gasteiger partial charge on any atom is 0.342 e. The van der Waals surface area contributed by atoms with Gasteiger partial charge in [-0.3, -0.25) is 4.90 Å². The number of rotatable bonds is 8. The fourth-order valence-electron chi connectivity index (χ4n) is 4.81. The highest BCUT2D eigenvalue weighted by Gasteiger charge is 2.33. The van der Waals surface area contributed by atoms with Gasteiger partial charge in [-0.05, 0) is 63.9 Å². The Morgan fingerprint density at radius 1 is 1.30 bits per heavy atom. The smallest absolute Gasteiger partial charge is 0.342 e. The number of ether oxygens (including phenoxy) is 1. The lowest BCUT2D eigenvalue weighted by Crippen LogP contribution is -2.37. The number of nitrogens with zero attached hydrogens (tertiary/aromatic N) is 3. The molecule has 0 spiro atoms. The molecular weight excluding hydrogens is 430 g/mol. The number of likely N-dealkylation sites (N-methyl/N-ethyl adjacent to an activating group) is 1. The van der Waals surface area contributed by atoms with Crippen LogP contribution in [0, 0.1) is 6.92 Å². The summed E-state index contributed by atoms with van der Waals surface area (Å²) in [6, 6.07) is 6.87. The van der Waals surface area contributed by atoms with E-state index >= 15 is 0 Å². The van der Waals surface area contributed by atoms with Gasteiger partial charge in [-0.1, -0.05) is 31.2 Å². The van der Waals surface area contributed by atoms with Crippen LogP contribution >= 0.6 is 11.3 Å². The average Bonchev–Trinajstić information content (AvgIpc) is 3.46. The van der Waals surface area contributed by atoms with E-state index in [4.69, 9.17) is 9.72 Å². The molecule has 5 nitrogen and oxygen atoms in total. The maximum absolute atomic E-state index is 13.3. The van der Waals surface area contributed by atoms with Crippen molar-refractivity contribution < 1.29 is 9.53 Å². The van der Waals surface area contributed by atoms with Crippen LogP contribution in [0.2, 0.25) is 0 Å². The molecule has 1 fully saturated rings. The topological polar surface area (TPSA) is 45.7 Å². The molecule has 0 saturated carbocycles. The summed E-state index contributed by atoms with van der Waals surface area (Å²) in [6.45, 7) is 11.9. The molecule has 176 valence electrons. The normalized spacial score (nSPS) is 20.2. The number of aromatic nitrogens is 1. The van der Waals surface area contributed by atoms with Crippen LogP contribution in [-0.2, 0) is 11.3 Å². The molecule has 2 aliphatic rings. The van der Waals surface area contributed by atoms with Gasteiger partial charge >= 0.3 is 5.97 Å². The van der Waals surface area contributed by atoms with Crippen molar-refractivity contribution in [3.63, 3.8) is 0 Å². The number of esters is 1. The second-order valence-electron chi connectivity index (χ2n) is 9.17. The minimum absolute atomic E-state index is 0.166. The first-order valence-electron chi connectivity index (χ1n) is 12.0. The van der Waals surface area contributed by atoms with Gasteiger partial charge in [0.15, 0.2) is 0 Å². The number of allylic oxidation sites excluding steroid dienone is 4. The zero-order chi connectivity index (χ0) is 23.4. The standard InChI is InChI=1S/C27H35N3O2S/c1-5-29(18-23-12-11-20(4)33-23)22-14-16-30(17-22)26-25(27(31)32-19(2)3)24(13-15-28-26)21-9-7-6-8-10-21/h6-9,11-13,15,19,21-22H,5,10,14,16-18H2,1-4H3/t21?,22-/m1/s1. The van der Waals surface area contributed by atoms with Crippen molar-refractivity contribution in [2.75, 3.05) is 24.5 Å². The third-order valence-corrected chi connectivity index (χ3v) is 7.42. The fourth-order valence-corrected chi connectivity index (χ4v) is 5.72. The summed E-state index contributed by atoms with van der Waals surface area (Å²) in [5.41, 5.74) is 1.64. The molecule has 4 rings (SSSR count). The molecular formula is C27H35N3O2S. The number of carbonyl (C=O) groups excluding carboxylic acids is 1. The van der Waals surface area contributed by atoms with E-state index in [0.29, 0.717) is 11.6 Å². The predicted octanol–water partition coefficient (Wildman–Crippen LogP) is 5.72. The van der Waals surface area contributed by atoms with Crippen LogP contribution in [0.15, 0.2) is 48.7 Å². The number of hydrogen-bond donors (Lipinski definition) is 0. The Labute approximate surface area is 201 Å². The molecule has 0 N–H and O–H groups in total. The Hall–Kier alpha value is -2.44. The second kappa shape index (κ2) is 10.7. The monoisotopic (exact) mass is 465 g/mol. The van der Waals surface area contributed by atoms with Gasteiger partial charge in [0, 0.05) is 47.5 Å². The summed E-state index contributed by atoms with van der Waals surface area (Å²) in [5.74, 6) is 0.668. The molecule has 1 aliphatic carbocycles. The number of anilines is 1. The van der Waals surface area contributed by atoms with Gasteiger partial charge in [0.05, 0.1) is 6.10 Å². The Bertz CT molecular complexity index is 1030. The van der Waals surface area contributed by atoms with Crippen LogP contribution in [0.4, 0.5) is 5.82 Å². The Morgan fingerprint density at radius 2 is 2.15 bits per heavy atom. The quantitative estimate of drug-likeness (QED) is 0.467. The lowest BCUT2D eigenvalue weighted by atomic mass is 9.89. The first-order chi connectivity index (χ1) is 16.0. The fraction of sp³-hybridized carbons (Fsp3) is 0.481. The first kappa shape index (κ1) is 23.7. The van der Waals surface area contributed by atoms with E-state index in [-0.39, 0.29) is 18.0 Å². The van der Waals surface area contributed by atoms with Crippen molar-refractivity contribution in [2.45, 2.75) is 65.1 Å². The van der Waals surface area contributed by atoms with Gasteiger partial charge in [0.25, 0.3) is 0 Å². The van der Waals surface area contributed by atoms with Gasteiger partial charge in [-0.15, -0.1) is 11.3 Å². The van der Waals surface area contributed by atoms with Crippen molar-refractivity contribution in [3.8, 4) is 0 Å². The number of aryl methyl sites for hydroxylation is 1. The molecule has 0 amide bonds. The molecule has 2 aromatic rings. The Morgan fingerprint density at radius 3 is 2.82 bits per heavy atom. The molecule has 2 aromatic heterocycles. The van der Waals surface area contributed by atoms with Crippen LogP contribution in [0.5, 0.6) is 0 Å². The predicted molar refractivity (Wildman–Crippen MR) is 136 cm³/mol. The molecule has 2 atom stereocenters. The van der Waals surface area contributed by atoms with Gasteiger partial charge in [0.2, 0.25) is 0 Å². The molecule has 0 radical (unpaired) electrons. The van der Waals surface area contributed by atoms with Crippen LogP contribution < -0.4 is 4.90 Å². The van der Waals surface area contributed by atoms with Crippen LogP contribution in [0.1, 0.15) is 65.2 Å². The first-order valence-corrected chi connectivity index (χ1v) is 12.9. The average molecular weight is 466 g/mol. The third-order valence-electron chi connectivity index (χ3n) is 6.43. The lowest BCUT2D eigenvalue weighted by Gasteiger charge is -2.28. The van der Waals surface area contributed by atoms with Crippen molar-refractivity contribution >= 4 is 23.1 Å². The number of carbonyl (C=O) groups is 1. The van der Waals surface area contributed by atoms with Crippen LogP contribution in [0.25, 0.3) is 0 Å². The summed E-state index contributed by atoms with van der Waals surface area (Å²) in [5, 5.41) is 0. The summed E-state index contributed by atoms with van der Waals surface area (Å²) < 4.78 is 5.69. The molecule has 33 heavy (non-hydrogen) atoms. The minimum atomic E-state index is -0.268. The number of pyridine rings is 1. The highest BCUT2D eigenvalue weighted by molar-refractivity contribution is 7.11.